The number of anilines is 2. The van der Waals surface area contributed by atoms with E-state index in [1.165, 1.54) is 4.90 Å². The molecule has 4 aromatic rings. The molecule has 164 valence electrons. The monoisotopic (exact) mass is 445 g/mol. The molecule has 0 saturated carbocycles. The highest BCUT2D eigenvalue weighted by Crippen LogP contribution is 2.30. The lowest BCUT2D eigenvalue weighted by molar-refractivity contribution is 0.118. The normalized spacial score (nSPS) is 19.7. The van der Waals surface area contributed by atoms with E-state index in [9.17, 15) is 5.11 Å². The topological polar surface area (TPSA) is 74.5 Å². The first kappa shape index (κ1) is 20.9. The van der Waals surface area contributed by atoms with Gasteiger partial charge in [-0.2, -0.15) is 15.5 Å². The minimum absolute atomic E-state index is 0.00803. The minimum Gasteiger partial charge on any atom is -0.391 e. The largest absolute Gasteiger partial charge is 0.391 e. The summed E-state index contributed by atoms with van der Waals surface area (Å²) in [4.78, 5) is 6.01. The number of fused-ring (bicyclic) bond motifs is 1. The van der Waals surface area contributed by atoms with Gasteiger partial charge in [-0.3, -0.25) is 0 Å². The van der Waals surface area contributed by atoms with Gasteiger partial charge in [0.15, 0.2) is 5.65 Å². The molecule has 6 nitrogen and oxygen atoms in total. The van der Waals surface area contributed by atoms with Crippen LogP contribution >= 0.6 is 10.5 Å². The lowest BCUT2D eigenvalue weighted by Crippen LogP contribution is -2.39. The van der Waals surface area contributed by atoms with Gasteiger partial charge in [0.2, 0.25) is 5.95 Å². The van der Waals surface area contributed by atoms with E-state index in [-0.39, 0.29) is 22.5 Å². The van der Waals surface area contributed by atoms with Crippen LogP contribution < -0.4 is 10.6 Å². The molecule has 3 unspecified atom stereocenters. The van der Waals surface area contributed by atoms with Gasteiger partial charge in [-0.05, 0) is 66.7 Å². The van der Waals surface area contributed by atoms with Crippen LogP contribution in [0.1, 0.15) is 17.9 Å². The Morgan fingerprint density at radius 1 is 1.16 bits per heavy atom. The van der Waals surface area contributed by atoms with E-state index in [0.717, 1.165) is 41.0 Å². The zero-order valence-corrected chi connectivity index (χ0v) is 18.8. The summed E-state index contributed by atoms with van der Waals surface area (Å²) < 4.78 is 1.80. The molecule has 5 rings (SSSR count). The van der Waals surface area contributed by atoms with Crippen LogP contribution in [0.4, 0.5) is 11.6 Å². The maximum atomic E-state index is 10.4. The Labute approximate surface area is 190 Å². The fraction of sp³-hybridized carbons (Fsp3) is 0.240. The van der Waals surface area contributed by atoms with Crippen LogP contribution in [0, 0.1) is 0 Å². The molecule has 0 spiro atoms. The zero-order valence-electron chi connectivity index (χ0n) is 18.0. The predicted molar refractivity (Wildman–Crippen MR) is 133 cm³/mol. The Hall–Kier alpha value is -3.00. The molecule has 7 heteroatoms. The predicted octanol–water partition coefficient (Wildman–Crippen LogP) is 4.27. The maximum Gasteiger partial charge on any atom is 0.247 e. The number of nitrogens with zero attached hydrogens (tertiary/aromatic N) is 3. The molecule has 3 N–H and O–H groups in total. The number of nitrogens with one attached hydrogen (secondary N) is 2. The van der Waals surface area contributed by atoms with E-state index in [1.54, 1.807) is 4.52 Å². The van der Waals surface area contributed by atoms with Crippen molar-refractivity contribution in [1.29, 1.82) is 0 Å². The Bertz CT molecular complexity index is 1270. The van der Waals surface area contributed by atoms with Gasteiger partial charge in [-0.1, -0.05) is 30.1 Å². The van der Waals surface area contributed by atoms with Crippen molar-refractivity contribution in [3.8, 4) is 11.1 Å². The quantitative estimate of drug-likeness (QED) is 0.400. The molecular formula is C25H27N5OS. The summed E-state index contributed by atoms with van der Waals surface area (Å²) in [6.07, 6.45) is 4.58. The van der Waals surface area contributed by atoms with Crippen molar-refractivity contribution in [1.82, 2.24) is 19.9 Å². The molecule has 0 bridgehead atoms. The lowest BCUT2D eigenvalue weighted by Gasteiger charge is -2.28. The van der Waals surface area contributed by atoms with Crippen LogP contribution in [0.3, 0.4) is 0 Å². The number of hydrogen-bond acceptors (Lipinski definition) is 5. The number of aromatic nitrogens is 3. The molecule has 32 heavy (non-hydrogen) atoms. The summed E-state index contributed by atoms with van der Waals surface area (Å²) in [6.45, 7) is 1.55. The maximum absolute atomic E-state index is 10.4. The summed E-state index contributed by atoms with van der Waals surface area (Å²) in [6, 6.07) is 20.7. The van der Waals surface area contributed by atoms with Crippen LogP contribution in [0.2, 0.25) is 0 Å². The molecule has 1 aliphatic rings. The molecule has 1 saturated heterocycles. The second-order valence-corrected chi connectivity index (χ2v) is 9.95. The fourth-order valence-corrected chi connectivity index (χ4v) is 4.86. The van der Waals surface area contributed by atoms with E-state index in [0.29, 0.717) is 12.5 Å². The van der Waals surface area contributed by atoms with E-state index >= 15 is 0 Å². The van der Waals surface area contributed by atoms with Gasteiger partial charge in [0, 0.05) is 34.8 Å². The van der Waals surface area contributed by atoms with E-state index < -0.39 is 0 Å². The van der Waals surface area contributed by atoms with Crippen LogP contribution in [-0.2, 0) is 0 Å². The highest BCUT2D eigenvalue weighted by molar-refractivity contribution is 8.13. The SMILES string of the molecule is C=S(C)c1ccc(-c2cccn3nc(Nc4cccc(C5CCNCC5O)c4)nc23)cc1. The summed E-state index contributed by atoms with van der Waals surface area (Å²) in [5, 5.41) is 21.6. The molecule has 0 radical (unpaired) electrons. The number of rotatable bonds is 5. The van der Waals surface area contributed by atoms with Crippen molar-refractivity contribution >= 4 is 33.6 Å². The fourth-order valence-electron chi connectivity index (χ4n) is 4.26. The number of pyridine rings is 1. The Morgan fingerprint density at radius 2 is 2.00 bits per heavy atom. The van der Waals surface area contributed by atoms with Gasteiger partial charge in [-0.15, -0.1) is 5.10 Å². The van der Waals surface area contributed by atoms with E-state index in [2.05, 4.69) is 70.3 Å². The first-order chi connectivity index (χ1) is 15.6. The van der Waals surface area contributed by atoms with E-state index in [4.69, 9.17) is 4.98 Å². The second-order valence-electron chi connectivity index (χ2n) is 8.20. The summed E-state index contributed by atoms with van der Waals surface area (Å²) in [7, 11) is -0.00803. The molecule has 3 heterocycles. The van der Waals surface area contributed by atoms with Crippen molar-refractivity contribution in [3.63, 3.8) is 0 Å². The Morgan fingerprint density at radius 3 is 2.78 bits per heavy atom. The van der Waals surface area contributed by atoms with E-state index in [1.807, 2.05) is 24.4 Å². The van der Waals surface area contributed by atoms with Gasteiger partial charge in [-0.25, -0.2) is 4.52 Å². The van der Waals surface area contributed by atoms with Gasteiger partial charge in [0.05, 0.1) is 6.10 Å². The molecule has 2 aromatic heterocycles. The first-order valence-electron chi connectivity index (χ1n) is 10.8. The van der Waals surface area contributed by atoms with Gasteiger partial charge >= 0.3 is 0 Å². The van der Waals surface area contributed by atoms with Crippen molar-refractivity contribution < 1.29 is 5.11 Å². The van der Waals surface area contributed by atoms with Crippen LogP contribution in [-0.4, -0.2) is 51.0 Å². The number of β-amino-alcohol motifs (C(OH)–C–C–N with tert-alkyl or cyclic N) is 1. The van der Waals surface area contributed by atoms with Gasteiger partial charge in [0.25, 0.3) is 0 Å². The number of benzene rings is 2. The molecule has 3 atom stereocenters. The minimum atomic E-state index is -0.367. The highest BCUT2D eigenvalue weighted by Gasteiger charge is 2.24. The Balaban J connectivity index is 1.43. The average Bonchev–Trinajstić information content (AvgIpc) is 3.22. The number of aliphatic hydroxyl groups is 1. The molecular weight excluding hydrogens is 418 g/mol. The van der Waals surface area contributed by atoms with Crippen LogP contribution in [0.25, 0.3) is 16.8 Å². The van der Waals surface area contributed by atoms with Gasteiger partial charge < -0.3 is 15.7 Å². The molecule has 1 fully saturated rings. The van der Waals surface area contributed by atoms with Crippen molar-refractivity contribution in [2.24, 2.45) is 0 Å². The standard InChI is InChI=1S/C25H27N5OS/c1-32(2)20-10-8-17(9-11-20)22-7-4-14-30-24(22)28-25(29-30)27-19-6-3-5-18(15-19)21-12-13-26-16-23(21)31/h3-11,14-15,21,23,26,31H,1,12-13,16H2,2H3,(H,27,29). The van der Waals surface area contributed by atoms with Gasteiger partial charge in [0.1, 0.15) is 0 Å². The smallest absolute Gasteiger partial charge is 0.247 e. The van der Waals surface area contributed by atoms with Crippen molar-refractivity contribution in [3.05, 3.63) is 72.4 Å². The first-order valence-corrected chi connectivity index (χ1v) is 12.6. The molecule has 2 aromatic carbocycles. The van der Waals surface area contributed by atoms with Crippen molar-refractivity contribution in [2.45, 2.75) is 23.3 Å². The third-order valence-corrected chi connectivity index (χ3v) is 7.03. The average molecular weight is 446 g/mol. The molecule has 0 aliphatic carbocycles. The number of aliphatic hydroxyl groups excluding tert-OH is 1. The summed E-state index contributed by atoms with van der Waals surface area (Å²) >= 11 is 0. The van der Waals surface area contributed by atoms with Crippen molar-refractivity contribution in [2.75, 3.05) is 24.7 Å². The Kier molecular flexibility index (Phi) is 5.78. The summed E-state index contributed by atoms with van der Waals surface area (Å²) in [5.74, 6) is 4.81. The third kappa shape index (κ3) is 4.19. The van der Waals surface area contributed by atoms with Crippen LogP contribution in [0.15, 0.2) is 71.8 Å². The third-order valence-electron chi connectivity index (χ3n) is 5.95. The summed E-state index contributed by atoms with van der Waals surface area (Å²) in [5.41, 5.74) is 4.99. The number of piperidine rings is 1. The lowest BCUT2D eigenvalue weighted by atomic mass is 9.88. The highest BCUT2D eigenvalue weighted by atomic mass is 32.2. The number of hydrogen-bond donors (Lipinski definition) is 3. The molecule has 1 aliphatic heterocycles. The van der Waals surface area contributed by atoms with Crippen LogP contribution in [0.5, 0.6) is 0 Å². The zero-order chi connectivity index (χ0) is 22.1. The second kappa shape index (κ2) is 8.86. The molecule has 0 amide bonds.